The first-order valence-electron chi connectivity index (χ1n) is 10.6. The molecule has 32 heavy (non-hydrogen) atoms. The van der Waals surface area contributed by atoms with Gasteiger partial charge in [-0.05, 0) is 42.5 Å². The second-order valence-corrected chi connectivity index (χ2v) is 8.22. The van der Waals surface area contributed by atoms with Gasteiger partial charge in [0, 0.05) is 41.7 Å². The van der Waals surface area contributed by atoms with Gasteiger partial charge in [-0.15, -0.1) is 0 Å². The van der Waals surface area contributed by atoms with Crippen LogP contribution in [0.5, 0.6) is 0 Å². The molecular formula is C22H23F3N6O. The van der Waals surface area contributed by atoms with Crippen molar-refractivity contribution in [3.05, 3.63) is 40.8 Å². The highest BCUT2D eigenvalue weighted by molar-refractivity contribution is 6.12. The number of benzene rings is 1. The molecule has 168 valence electrons. The lowest BCUT2D eigenvalue weighted by Gasteiger charge is -2.38. The molecule has 1 aliphatic heterocycles. The van der Waals surface area contributed by atoms with Gasteiger partial charge in [-0.1, -0.05) is 0 Å². The number of H-pyrrole nitrogens is 1. The Labute approximate surface area is 181 Å². The standard InChI is InChI=1S/C22H23F3N6O/c23-22(24,25)21(27)15(10-26)20-14-9-12(31-5-7-32-8-6-31)1-2-13(14)19-16-11-28-30-17(16)3-4-18(19)29-20/h3-4,10-12,26H,1-2,5-9,27H2,(H,28,30). The van der Waals surface area contributed by atoms with Crippen LogP contribution in [0.25, 0.3) is 27.4 Å². The van der Waals surface area contributed by atoms with E-state index in [1.165, 1.54) is 0 Å². The largest absolute Gasteiger partial charge is 0.431 e. The zero-order valence-electron chi connectivity index (χ0n) is 17.3. The number of fused-ring (bicyclic) bond motifs is 5. The average molecular weight is 444 g/mol. The van der Waals surface area contributed by atoms with Gasteiger partial charge in [0.2, 0.25) is 0 Å². The van der Waals surface area contributed by atoms with Gasteiger partial charge in [-0.2, -0.15) is 18.3 Å². The number of nitrogens with two attached hydrogens (primary N) is 1. The van der Waals surface area contributed by atoms with Crippen molar-refractivity contribution in [1.29, 1.82) is 5.41 Å². The topological polar surface area (TPSA) is 104 Å². The Morgan fingerprint density at radius 2 is 2.03 bits per heavy atom. The van der Waals surface area contributed by atoms with Gasteiger partial charge >= 0.3 is 6.18 Å². The van der Waals surface area contributed by atoms with E-state index >= 15 is 0 Å². The molecule has 1 unspecified atom stereocenters. The number of aromatic nitrogens is 3. The van der Waals surface area contributed by atoms with Crippen molar-refractivity contribution in [3.8, 4) is 0 Å². The molecule has 10 heteroatoms. The number of aromatic amines is 1. The number of morpholine rings is 1. The van der Waals surface area contributed by atoms with Crippen LogP contribution in [-0.4, -0.2) is 64.8 Å². The second-order valence-electron chi connectivity index (χ2n) is 8.22. The molecule has 0 radical (unpaired) electrons. The summed E-state index contributed by atoms with van der Waals surface area (Å²) in [5.74, 6) is 0. The maximum atomic E-state index is 13.5. The summed E-state index contributed by atoms with van der Waals surface area (Å²) < 4.78 is 46.0. The van der Waals surface area contributed by atoms with Gasteiger partial charge in [0.25, 0.3) is 0 Å². The molecule has 1 aromatic carbocycles. The molecule has 0 saturated carbocycles. The predicted octanol–water partition coefficient (Wildman–Crippen LogP) is 3.18. The van der Waals surface area contributed by atoms with E-state index in [0.717, 1.165) is 46.9 Å². The smallest absolute Gasteiger partial charge is 0.394 e. The fourth-order valence-corrected chi connectivity index (χ4v) is 4.95. The maximum Gasteiger partial charge on any atom is 0.431 e. The molecule has 7 nitrogen and oxygen atoms in total. The Kier molecular flexibility index (Phi) is 5.13. The number of aryl methyl sites for hydroxylation is 1. The predicted molar refractivity (Wildman–Crippen MR) is 116 cm³/mol. The third kappa shape index (κ3) is 3.43. The van der Waals surface area contributed by atoms with Gasteiger partial charge in [0.1, 0.15) is 5.70 Å². The number of ether oxygens (including phenoxy) is 1. The fraction of sp³-hybridized carbons (Fsp3) is 0.409. The highest BCUT2D eigenvalue weighted by Crippen LogP contribution is 2.39. The van der Waals surface area contributed by atoms with E-state index in [0.29, 0.717) is 37.8 Å². The molecule has 1 fully saturated rings. The summed E-state index contributed by atoms with van der Waals surface area (Å²) in [4.78, 5) is 6.96. The van der Waals surface area contributed by atoms with Crippen LogP contribution in [0.4, 0.5) is 13.2 Å². The number of nitrogens with zero attached hydrogens (tertiary/aromatic N) is 3. The number of nitrogens with one attached hydrogen (secondary N) is 2. The summed E-state index contributed by atoms with van der Waals surface area (Å²) >= 11 is 0. The number of hydrogen-bond donors (Lipinski definition) is 3. The normalized spacial score (nSPS) is 20.9. The lowest BCUT2D eigenvalue weighted by molar-refractivity contribution is -0.0919. The molecule has 1 aliphatic carbocycles. The molecule has 3 heterocycles. The quantitative estimate of drug-likeness (QED) is 0.539. The number of pyridine rings is 1. The molecule has 2 aliphatic rings. The molecule has 0 bridgehead atoms. The van der Waals surface area contributed by atoms with Crippen molar-refractivity contribution in [2.75, 3.05) is 26.3 Å². The minimum atomic E-state index is -4.75. The van der Waals surface area contributed by atoms with Crippen LogP contribution in [0.2, 0.25) is 0 Å². The van der Waals surface area contributed by atoms with E-state index in [-0.39, 0.29) is 17.3 Å². The summed E-state index contributed by atoms with van der Waals surface area (Å²) in [7, 11) is 0. The number of allylic oxidation sites excluding steroid dienone is 2. The highest BCUT2D eigenvalue weighted by Gasteiger charge is 2.37. The summed E-state index contributed by atoms with van der Waals surface area (Å²) in [5, 5.41) is 16.6. The van der Waals surface area contributed by atoms with E-state index in [1.807, 2.05) is 6.07 Å². The lowest BCUT2D eigenvalue weighted by atomic mass is 9.82. The van der Waals surface area contributed by atoms with Crippen molar-refractivity contribution < 1.29 is 17.9 Å². The van der Waals surface area contributed by atoms with Gasteiger partial charge in [0.15, 0.2) is 0 Å². The van der Waals surface area contributed by atoms with E-state index in [4.69, 9.17) is 15.9 Å². The zero-order valence-corrected chi connectivity index (χ0v) is 17.3. The van der Waals surface area contributed by atoms with Gasteiger partial charge in [-0.3, -0.25) is 10.00 Å². The van der Waals surface area contributed by atoms with Crippen LogP contribution in [0.3, 0.4) is 0 Å². The van der Waals surface area contributed by atoms with E-state index in [9.17, 15) is 13.2 Å². The molecular weight excluding hydrogens is 421 g/mol. The molecule has 0 spiro atoms. The summed E-state index contributed by atoms with van der Waals surface area (Å²) in [5.41, 5.74) is 7.09. The molecule has 3 aromatic rings. The van der Waals surface area contributed by atoms with Gasteiger partial charge in [0.05, 0.1) is 36.1 Å². The Morgan fingerprint density at radius 3 is 2.75 bits per heavy atom. The minimum Gasteiger partial charge on any atom is -0.394 e. The van der Waals surface area contributed by atoms with Crippen molar-refractivity contribution in [1.82, 2.24) is 20.1 Å². The molecule has 2 aromatic heterocycles. The van der Waals surface area contributed by atoms with E-state index < -0.39 is 11.9 Å². The first-order chi connectivity index (χ1) is 15.4. The van der Waals surface area contributed by atoms with Crippen molar-refractivity contribution in [2.45, 2.75) is 31.5 Å². The van der Waals surface area contributed by atoms with Crippen LogP contribution >= 0.6 is 0 Å². The first-order valence-corrected chi connectivity index (χ1v) is 10.6. The number of hydrogen-bond acceptors (Lipinski definition) is 6. The molecule has 0 amide bonds. The van der Waals surface area contributed by atoms with E-state index in [2.05, 4.69) is 20.1 Å². The number of alkyl halides is 3. The van der Waals surface area contributed by atoms with Crippen LogP contribution < -0.4 is 5.73 Å². The third-order valence-electron chi connectivity index (χ3n) is 6.51. The molecule has 4 N–H and O–H groups in total. The third-order valence-corrected chi connectivity index (χ3v) is 6.51. The average Bonchev–Trinajstić information content (AvgIpc) is 3.28. The fourth-order valence-electron chi connectivity index (χ4n) is 4.95. The van der Waals surface area contributed by atoms with Crippen LogP contribution in [0.15, 0.2) is 24.0 Å². The number of halogens is 3. The van der Waals surface area contributed by atoms with Gasteiger partial charge in [-0.25, -0.2) is 4.98 Å². The monoisotopic (exact) mass is 444 g/mol. The van der Waals surface area contributed by atoms with Crippen molar-refractivity contribution in [3.63, 3.8) is 0 Å². The Morgan fingerprint density at radius 1 is 1.25 bits per heavy atom. The zero-order chi connectivity index (χ0) is 22.5. The van der Waals surface area contributed by atoms with E-state index in [1.54, 1.807) is 12.3 Å². The summed E-state index contributed by atoms with van der Waals surface area (Å²) in [6, 6.07) is 3.76. The minimum absolute atomic E-state index is 0.151. The van der Waals surface area contributed by atoms with Crippen LogP contribution in [0.1, 0.15) is 23.2 Å². The molecule has 1 saturated heterocycles. The van der Waals surface area contributed by atoms with Crippen LogP contribution in [0, 0.1) is 5.41 Å². The SMILES string of the molecule is N=CC(=C(N)C(F)(F)F)c1nc2ccc3[nH]ncc3c2c2c1CC(N1CCOCC1)CC2. The molecule has 1 atom stereocenters. The Bertz CT molecular complexity index is 1230. The summed E-state index contributed by atoms with van der Waals surface area (Å²) in [6.45, 7) is 2.88. The van der Waals surface area contributed by atoms with Crippen molar-refractivity contribution in [2.24, 2.45) is 5.73 Å². The summed E-state index contributed by atoms with van der Waals surface area (Å²) in [6.07, 6.45) is -0.215. The molecule has 5 rings (SSSR count). The first kappa shape index (κ1) is 20.9. The lowest BCUT2D eigenvalue weighted by Crippen LogP contribution is -2.46. The van der Waals surface area contributed by atoms with Crippen LogP contribution in [-0.2, 0) is 17.6 Å². The Balaban J connectivity index is 1.75. The van der Waals surface area contributed by atoms with Gasteiger partial charge < -0.3 is 15.9 Å². The maximum absolute atomic E-state index is 13.5. The van der Waals surface area contributed by atoms with Crippen molar-refractivity contribution >= 4 is 33.6 Å². The second kappa shape index (κ2) is 7.86. The number of rotatable bonds is 3. The highest BCUT2D eigenvalue weighted by atomic mass is 19.4. The Hall–Kier alpha value is -2.98.